The summed E-state index contributed by atoms with van der Waals surface area (Å²) >= 11 is 5.34. The molecule has 0 bridgehead atoms. The summed E-state index contributed by atoms with van der Waals surface area (Å²) in [5, 5.41) is 4.15. The van der Waals surface area contributed by atoms with Gasteiger partial charge in [0.1, 0.15) is 0 Å². The van der Waals surface area contributed by atoms with E-state index in [-0.39, 0.29) is 0 Å². The van der Waals surface area contributed by atoms with Gasteiger partial charge < -0.3 is 9.72 Å². The molecule has 0 radical (unpaired) electrons. The molecule has 3 rings (SSSR count). The van der Waals surface area contributed by atoms with Crippen molar-refractivity contribution >= 4 is 23.4 Å². The molecule has 3 aromatic heterocycles. The summed E-state index contributed by atoms with van der Waals surface area (Å²) in [7, 11) is 3.49. The van der Waals surface area contributed by atoms with Gasteiger partial charge in [-0.25, -0.2) is 0 Å². The van der Waals surface area contributed by atoms with Crippen molar-refractivity contribution < 1.29 is 4.74 Å². The smallest absolute Gasteiger partial charge is 0.215 e. The van der Waals surface area contributed by atoms with Crippen molar-refractivity contribution in [2.45, 2.75) is 6.54 Å². The Labute approximate surface area is 114 Å². The fourth-order valence-corrected chi connectivity index (χ4v) is 2.27. The van der Waals surface area contributed by atoms with E-state index in [9.17, 15) is 0 Å². The summed E-state index contributed by atoms with van der Waals surface area (Å²) < 4.78 is 9.49. The van der Waals surface area contributed by atoms with Crippen LogP contribution in [0.3, 0.4) is 0 Å². The second kappa shape index (κ2) is 4.51. The highest BCUT2D eigenvalue weighted by Crippen LogP contribution is 2.17. The molecule has 0 fully saturated rings. The lowest BCUT2D eigenvalue weighted by Gasteiger charge is -2.03. The Morgan fingerprint density at radius 3 is 2.95 bits per heavy atom. The molecule has 1 N–H and O–H groups in total. The third-order valence-electron chi connectivity index (χ3n) is 2.90. The summed E-state index contributed by atoms with van der Waals surface area (Å²) in [4.78, 5) is 7.57. The maximum atomic E-state index is 5.34. The number of imidazole rings is 1. The lowest BCUT2D eigenvalue weighted by atomic mass is 10.3. The molecular formula is C12H13N5OS. The van der Waals surface area contributed by atoms with Gasteiger partial charge in [-0.3, -0.25) is 9.25 Å². The highest BCUT2D eigenvalue weighted by molar-refractivity contribution is 7.71. The molecule has 0 aliphatic carbocycles. The summed E-state index contributed by atoms with van der Waals surface area (Å²) in [5.74, 6) is 0.571. The van der Waals surface area contributed by atoms with E-state index in [0.717, 1.165) is 16.7 Å². The molecule has 7 heteroatoms. The van der Waals surface area contributed by atoms with Gasteiger partial charge in [0.05, 0.1) is 25.4 Å². The van der Waals surface area contributed by atoms with E-state index in [2.05, 4.69) is 15.1 Å². The molecule has 0 unspecified atom stereocenters. The number of H-pyrrole nitrogens is 1. The molecule has 0 aliphatic heterocycles. The van der Waals surface area contributed by atoms with Crippen molar-refractivity contribution in [1.82, 2.24) is 24.3 Å². The van der Waals surface area contributed by atoms with Crippen LogP contribution in [-0.2, 0) is 13.6 Å². The lowest BCUT2D eigenvalue weighted by molar-refractivity contribution is 0.399. The van der Waals surface area contributed by atoms with Crippen molar-refractivity contribution in [2.24, 2.45) is 7.05 Å². The minimum atomic E-state index is 0.571. The lowest BCUT2D eigenvalue weighted by Crippen LogP contribution is -2.00. The summed E-state index contributed by atoms with van der Waals surface area (Å²) in [6.45, 7) is 0.632. The molecule has 19 heavy (non-hydrogen) atoms. The number of fused-ring (bicyclic) bond motifs is 1. The van der Waals surface area contributed by atoms with Crippen molar-refractivity contribution in [3.63, 3.8) is 0 Å². The average molecular weight is 275 g/mol. The molecule has 98 valence electrons. The molecule has 0 aromatic carbocycles. The zero-order valence-corrected chi connectivity index (χ0v) is 11.4. The first kappa shape index (κ1) is 11.9. The fourth-order valence-electron chi connectivity index (χ4n) is 2.01. The van der Waals surface area contributed by atoms with Crippen LogP contribution in [0.25, 0.3) is 11.2 Å². The summed E-state index contributed by atoms with van der Waals surface area (Å²) in [5.41, 5.74) is 2.76. The Bertz CT molecular complexity index is 785. The number of nitrogens with one attached hydrogen (secondary N) is 1. The van der Waals surface area contributed by atoms with E-state index in [1.165, 1.54) is 0 Å². The van der Waals surface area contributed by atoms with Crippen LogP contribution in [0.2, 0.25) is 0 Å². The maximum Gasteiger partial charge on any atom is 0.215 e. The number of pyridine rings is 1. The Balaban J connectivity index is 2.11. The van der Waals surface area contributed by atoms with Crippen molar-refractivity contribution in [2.75, 3.05) is 7.11 Å². The van der Waals surface area contributed by atoms with Crippen molar-refractivity contribution in [3.05, 3.63) is 34.9 Å². The normalized spacial score (nSPS) is 11.1. The van der Waals surface area contributed by atoms with Crippen molar-refractivity contribution in [1.29, 1.82) is 0 Å². The fraction of sp³-hybridized carbons (Fsp3) is 0.250. The molecule has 0 aliphatic rings. The largest absolute Gasteiger partial charge is 0.481 e. The molecular weight excluding hydrogens is 262 g/mol. The van der Waals surface area contributed by atoms with Crippen LogP contribution in [0.5, 0.6) is 5.88 Å². The van der Waals surface area contributed by atoms with Crippen LogP contribution in [0.1, 0.15) is 5.56 Å². The maximum absolute atomic E-state index is 5.34. The number of ether oxygens (including phenoxy) is 1. The standard InChI is InChI=1S/C12H13N5OS/c1-16-6-8(5-13-16)7-17-11-9(14-12(17)19)3-4-10(15-11)18-2/h3-6H,7H2,1-2H3,(H,14,19). The SMILES string of the molecule is COc1ccc2[nH]c(=S)n(Cc3cnn(C)c3)c2n1. The topological polar surface area (TPSA) is 60.7 Å². The molecule has 0 saturated heterocycles. The van der Waals surface area contributed by atoms with E-state index >= 15 is 0 Å². The zero-order valence-electron chi connectivity index (χ0n) is 10.6. The molecule has 6 nitrogen and oxygen atoms in total. The van der Waals surface area contributed by atoms with Gasteiger partial charge >= 0.3 is 0 Å². The minimum Gasteiger partial charge on any atom is -0.481 e. The molecule has 0 amide bonds. The number of aromatic nitrogens is 5. The number of aromatic amines is 1. The first-order valence-corrected chi connectivity index (χ1v) is 6.19. The number of methoxy groups -OCH3 is 1. The highest BCUT2D eigenvalue weighted by atomic mass is 32.1. The second-order valence-electron chi connectivity index (χ2n) is 4.26. The number of aryl methyl sites for hydroxylation is 1. The van der Waals surface area contributed by atoms with Gasteiger partial charge in [-0.05, 0) is 18.3 Å². The minimum absolute atomic E-state index is 0.571. The van der Waals surface area contributed by atoms with E-state index in [4.69, 9.17) is 17.0 Å². The summed E-state index contributed by atoms with van der Waals surface area (Å²) in [6.07, 6.45) is 3.78. The van der Waals surface area contributed by atoms with E-state index in [1.54, 1.807) is 11.8 Å². The first-order chi connectivity index (χ1) is 9.17. The molecule has 3 aromatic rings. The monoisotopic (exact) mass is 275 g/mol. The first-order valence-electron chi connectivity index (χ1n) is 5.78. The third kappa shape index (κ3) is 2.12. The van der Waals surface area contributed by atoms with E-state index < -0.39 is 0 Å². The van der Waals surface area contributed by atoms with Crippen LogP contribution in [0.4, 0.5) is 0 Å². The molecule has 3 heterocycles. The van der Waals surface area contributed by atoms with E-state index in [0.29, 0.717) is 17.2 Å². The Hall–Kier alpha value is -2.15. The van der Waals surface area contributed by atoms with Crippen LogP contribution in [0.15, 0.2) is 24.5 Å². The molecule has 0 atom stereocenters. The summed E-state index contributed by atoms with van der Waals surface area (Å²) in [6, 6.07) is 3.72. The van der Waals surface area contributed by atoms with Gasteiger partial charge in [0.15, 0.2) is 10.4 Å². The van der Waals surface area contributed by atoms with E-state index in [1.807, 2.05) is 36.1 Å². The Morgan fingerprint density at radius 1 is 1.42 bits per heavy atom. The van der Waals surface area contributed by atoms with Crippen LogP contribution in [-0.4, -0.2) is 31.4 Å². The highest BCUT2D eigenvalue weighted by Gasteiger charge is 2.08. The van der Waals surface area contributed by atoms with Gasteiger partial charge in [-0.15, -0.1) is 0 Å². The van der Waals surface area contributed by atoms with Gasteiger partial charge in [0.2, 0.25) is 5.88 Å². The second-order valence-corrected chi connectivity index (χ2v) is 4.65. The zero-order chi connectivity index (χ0) is 13.4. The number of rotatable bonds is 3. The Kier molecular flexibility index (Phi) is 2.83. The van der Waals surface area contributed by atoms with Gasteiger partial charge in [0.25, 0.3) is 0 Å². The average Bonchev–Trinajstić information content (AvgIpc) is 2.94. The van der Waals surface area contributed by atoms with Crippen LogP contribution < -0.4 is 4.74 Å². The predicted octanol–water partition coefficient (Wildman–Crippen LogP) is 1.88. The number of hydrogen-bond donors (Lipinski definition) is 1. The number of hydrogen-bond acceptors (Lipinski definition) is 4. The van der Waals surface area contributed by atoms with Crippen LogP contribution >= 0.6 is 12.2 Å². The van der Waals surface area contributed by atoms with Crippen molar-refractivity contribution in [3.8, 4) is 5.88 Å². The van der Waals surface area contributed by atoms with Gasteiger partial charge in [0, 0.05) is 24.9 Å². The van der Waals surface area contributed by atoms with Gasteiger partial charge in [-0.2, -0.15) is 10.1 Å². The van der Waals surface area contributed by atoms with Crippen LogP contribution in [0, 0.1) is 4.77 Å². The molecule has 0 spiro atoms. The number of nitrogens with zero attached hydrogens (tertiary/aromatic N) is 4. The molecule has 0 saturated carbocycles. The van der Waals surface area contributed by atoms with Gasteiger partial charge in [-0.1, -0.05) is 0 Å². The third-order valence-corrected chi connectivity index (χ3v) is 3.22. The quantitative estimate of drug-likeness (QED) is 0.741. The Morgan fingerprint density at radius 2 is 2.26 bits per heavy atom. The predicted molar refractivity (Wildman–Crippen MR) is 73.8 cm³/mol.